The highest BCUT2D eigenvalue weighted by Crippen LogP contribution is 2.33. The monoisotopic (exact) mass is 310 g/mol. The van der Waals surface area contributed by atoms with Crippen molar-refractivity contribution in [3.05, 3.63) is 47.7 Å². The van der Waals surface area contributed by atoms with Crippen LogP contribution in [0.25, 0.3) is 33.5 Å². The number of methoxy groups -OCH3 is 1. The molecular formula is C16H11ClN4O. The first-order valence-electron chi connectivity index (χ1n) is 6.70. The molecule has 0 aliphatic rings. The molecule has 0 aliphatic carbocycles. The summed E-state index contributed by atoms with van der Waals surface area (Å²) in [5.41, 5.74) is 3.80. The average Bonchev–Trinajstić information content (AvgIpc) is 3.01. The molecule has 22 heavy (non-hydrogen) atoms. The van der Waals surface area contributed by atoms with Gasteiger partial charge in [0.05, 0.1) is 28.7 Å². The number of hydrogen-bond acceptors (Lipinski definition) is 4. The molecule has 0 saturated carbocycles. The van der Waals surface area contributed by atoms with E-state index in [1.54, 1.807) is 25.6 Å². The zero-order chi connectivity index (χ0) is 15.1. The number of aromatic nitrogens is 4. The molecular weight excluding hydrogens is 300 g/mol. The van der Waals surface area contributed by atoms with E-state index >= 15 is 0 Å². The first kappa shape index (κ1) is 13.0. The minimum absolute atomic E-state index is 0.542. The minimum Gasteiger partial charge on any atom is -0.496 e. The first-order valence-corrected chi connectivity index (χ1v) is 7.08. The number of fused-ring (bicyclic) bond motifs is 3. The maximum atomic E-state index is 6.33. The molecule has 5 nitrogen and oxygen atoms in total. The fourth-order valence-electron chi connectivity index (χ4n) is 2.52. The Morgan fingerprint density at radius 2 is 1.91 bits per heavy atom. The standard InChI is InChI=1S/C16H11ClN4O/c1-22-12-5-3-2-4-9(12)16-20-13-10(17)8-11-14(15(13)21-16)19-7-6-18-11/h2-8H,1H3,(H,20,21). The molecule has 0 radical (unpaired) electrons. The van der Waals surface area contributed by atoms with Crippen molar-refractivity contribution in [2.45, 2.75) is 0 Å². The third-order valence-corrected chi connectivity index (χ3v) is 3.81. The minimum atomic E-state index is 0.542. The summed E-state index contributed by atoms with van der Waals surface area (Å²) in [5.74, 6) is 1.43. The number of H-pyrrole nitrogens is 1. The summed E-state index contributed by atoms with van der Waals surface area (Å²) in [6.07, 6.45) is 3.29. The van der Waals surface area contributed by atoms with Crippen LogP contribution in [0.2, 0.25) is 5.02 Å². The Morgan fingerprint density at radius 1 is 1.09 bits per heavy atom. The molecule has 0 unspecified atom stereocenters. The number of nitrogens with one attached hydrogen (secondary N) is 1. The van der Waals surface area contributed by atoms with Gasteiger partial charge in [0, 0.05) is 12.4 Å². The van der Waals surface area contributed by atoms with Crippen LogP contribution in [0.3, 0.4) is 0 Å². The van der Waals surface area contributed by atoms with Crippen LogP contribution in [0.1, 0.15) is 0 Å². The molecule has 4 aromatic rings. The number of halogens is 1. The lowest BCUT2D eigenvalue weighted by atomic mass is 10.2. The van der Waals surface area contributed by atoms with E-state index in [1.165, 1.54) is 0 Å². The molecule has 108 valence electrons. The van der Waals surface area contributed by atoms with Gasteiger partial charge in [-0.1, -0.05) is 23.7 Å². The number of para-hydroxylation sites is 1. The SMILES string of the molecule is COc1ccccc1-c1nc2c(Cl)cc3nccnc3c2[nH]1. The van der Waals surface area contributed by atoms with Gasteiger partial charge in [0.25, 0.3) is 0 Å². The maximum absolute atomic E-state index is 6.33. The highest BCUT2D eigenvalue weighted by atomic mass is 35.5. The number of ether oxygens (including phenoxy) is 1. The summed E-state index contributed by atoms with van der Waals surface area (Å²) < 4.78 is 5.39. The van der Waals surface area contributed by atoms with Crippen molar-refractivity contribution in [2.75, 3.05) is 7.11 Å². The Balaban J connectivity index is 2.05. The molecule has 2 aromatic heterocycles. The van der Waals surface area contributed by atoms with Crippen LogP contribution >= 0.6 is 11.6 Å². The molecule has 0 amide bonds. The predicted octanol–water partition coefficient (Wildman–Crippen LogP) is 3.84. The molecule has 0 spiro atoms. The summed E-state index contributed by atoms with van der Waals surface area (Å²) in [4.78, 5) is 16.6. The number of benzene rings is 2. The molecule has 1 N–H and O–H groups in total. The lowest BCUT2D eigenvalue weighted by molar-refractivity contribution is 0.416. The van der Waals surface area contributed by atoms with E-state index in [2.05, 4.69) is 19.9 Å². The van der Waals surface area contributed by atoms with Crippen molar-refractivity contribution in [3.8, 4) is 17.1 Å². The second kappa shape index (κ2) is 4.96. The Hall–Kier alpha value is -2.66. The molecule has 0 saturated heterocycles. The van der Waals surface area contributed by atoms with Gasteiger partial charge in [-0.3, -0.25) is 9.97 Å². The largest absolute Gasteiger partial charge is 0.496 e. The van der Waals surface area contributed by atoms with Crippen molar-refractivity contribution < 1.29 is 4.74 Å². The van der Waals surface area contributed by atoms with Crippen LogP contribution in [0.5, 0.6) is 5.75 Å². The second-order valence-corrected chi connectivity index (χ2v) is 5.20. The normalized spacial score (nSPS) is 11.2. The Morgan fingerprint density at radius 3 is 2.77 bits per heavy atom. The van der Waals surface area contributed by atoms with Gasteiger partial charge in [0.15, 0.2) is 0 Å². The van der Waals surface area contributed by atoms with Crippen LogP contribution in [-0.4, -0.2) is 27.0 Å². The van der Waals surface area contributed by atoms with Crippen LogP contribution < -0.4 is 4.74 Å². The van der Waals surface area contributed by atoms with Gasteiger partial charge < -0.3 is 9.72 Å². The number of hydrogen-bond donors (Lipinski definition) is 1. The van der Waals surface area contributed by atoms with E-state index in [-0.39, 0.29) is 0 Å². The molecule has 4 rings (SSSR count). The van der Waals surface area contributed by atoms with Crippen LogP contribution in [-0.2, 0) is 0 Å². The van der Waals surface area contributed by atoms with E-state index in [1.807, 2.05) is 24.3 Å². The third-order valence-electron chi connectivity index (χ3n) is 3.52. The Bertz CT molecular complexity index is 996. The summed E-state index contributed by atoms with van der Waals surface area (Å²) in [6, 6.07) is 9.46. The van der Waals surface area contributed by atoms with E-state index in [0.29, 0.717) is 16.4 Å². The van der Waals surface area contributed by atoms with Crippen LogP contribution in [0.15, 0.2) is 42.7 Å². The van der Waals surface area contributed by atoms with Crippen molar-refractivity contribution in [2.24, 2.45) is 0 Å². The van der Waals surface area contributed by atoms with E-state index in [0.717, 1.165) is 27.9 Å². The fourth-order valence-corrected chi connectivity index (χ4v) is 2.76. The zero-order valence-corrected chi connectivity index (χ0v) is 12.4. The van der Waals surface area contributed by atoms with Gasteiger partial charge >= 0.3 is 0 Å². The Kier molecular flexibility index (Phi) is 2.94. The van der Waals surface area contributed by atoms with Gasteiger partial charge in [-0.2, -0.15) is 0 Å². The number of rotatable bonds is 2. The molecule has 2 heterocycles. The molecule has 6 heteroatoms. The predicted molar refractivity (Wildman–Crippen MR) is 86.2 cm³/mol. The van der Waals surface area contributed by atoms with Gasteiger partial charge in [-0.05, 0) is 18.2 Å². The van der Waals surface area contributed by atoms with Gasteiger partial charge in [-0.25, -0.2) is 4.98 Å². The van der Waals surface area contributed by atoms with E-state index in [4.69, 9.17) is 16.3 Å². The van der Waals surface area contributed by atoms with Gasteiger partial charge in [0.1, 0.15) is 22.6 Å². The van der Waals surface area contributed by atoms with E-state index < -0.39 is 0 Å². The zero-order valence-electron chi connectivity index (χ0n) is 11.7. The smallest absolute Gasteiger partial charge is 0.142 e. The molecule has 0 atom stereocenters. The molecule has 0 fully saturated rings. The fraction of sp³-hybridized carbons (Fsp3) is 0.0625. The number of aromatic amines is 1. The van der Waals surface area contributed by atoms with Crippen LogP contribution in [0, 0.1) is 0 Å². The van der Waals surface area contributed by atoms with Crippen LogP contribution in [0.4, 0.5) is 0 Å². The lowest BCUT2D eigenvalue weighted by Gasteiger charge is -2.04. The molecule has 2 aromatic carbocycles. The molecule has 0 bridgehead atoms. The topological polar surface area (TPSA) is 63.7 Å². The third kappa shape index (κ3) is 1.90. The highest BCUT2D eigenvalue weighted by molar-refractivity contribution is 6.36. The average molecular weight is 311 g/mol. The second-order valence-electron chi connectivity index (χ2n) is 4.79. The van der Waals surface area contributed by atoms with Crippen molar-refractivity contribution >= 4 is 33.7 Å². The number of nitrogens with zero attached hydrogens (tertiary/aromatic N) is 3. The van der Waals surface area contributed by atoms with E-state index in [9.17, 15) is 0 Å². The Labute approximate surface area is 131 Å². The van der Waals surface area contributed by atoms with Crippen molar-refractivity contribution in [3.63, 3.8) is 0 Å². The summed E-state index contributed by atoms with van der Waals surface area (Å²) in [7, 11) is 1.63. The summed E-state index contributed by atoms with van der Waals surface area (Å²) >= 11 is 6.33. The molecule has 0 aliphatic heterocycles. The summed E-state index contributed by atoms with van der Waals surface area (Å²) in [5, 5.41) is 0.542. The van der Waals surface area contributed by atoms with Gasteiger partial charge in [0.2, 0.25) is 0 Å². The van der Waals surface area contributed by atoms with Crippen molar-refractivity contribution in [1.29, 1.82) is 0 Å². The summed E-state index contributed by atoms with van der Waals surface area (Å²) in [6.45, 7) is 0. The quantitative estimate of drug-likeness (QED) is 0.611. The van der Waals surface area contributed by atoms with Gasteiger partial charge in [-0.15, -0.1) is 0 Å². The van der Waals surface area contributed by atoms with Crippen molar-refractivity contribution in [1.82, 2.24) is 19.9 Å². The maximum Gasteiger partial charge on any atom is 0.142 e. The lowest BCUT2D eigenvalue weighted by Crippen LogP contribution is -1.88. The first-order chi connectivity index (χ1) is 10.8. The number of imidazole rings is 1. The highest BCUT2D eigenvalue weighted by Gasteiger charge is 2.15.